The van der Waals surface area contributed by atoms with Gasteiger partial charge in [-0.25, -0.2) is 14.8 Å². The topological polar surface area (TPSA) is 80.2 Å². The predicted octanol–water partition coefficient (Wildman–Crippen LogP) is 1.97. The molecule has 1 N–H and O–H groups in total. The van der Waals surface area contributed by atoms with Crippen LogP contribution >= 0.6 is 0 Å². The third-order valence-corrected chi connectivity index (χ3v) is 2.28. The Bertz CT molecular complexity index is 461. The highest BCUT2D eigenvalue weighted by atomic mass is 16.4. The van der Waals surface area contributed by atoms with Gasteiger partial charge in [0.1, 0.15) is 5.82 Å². The van der Waals surface area contributed by atoms with E-state index in [-0.39, 0.29) is 17.0 Å². The molecule has 1 heterocycles. The number of aromatic nitrogens is 2. The smallest absolute Gasteiger partial charge is 0.355 e. The SMILES string of the molecule is CCc1ncc(C(=O)C(C)(C)C)c(C(=O)O)n1. The first-order chi connectivity index (χ1) is 7.77. The van der Waals surface area contributed by atoms with Crippen LogP contribution in [-0.2, 0) is 6.42 Å². The van der Waals surface area contributed by atoms with Crippen LogP contribution in [0.3, 0.4) is 0 Å². The van der Waals surface area contributed by atoms with Gasteiger partial charge in [-0.05, 0) is 0 Å². The minimum atomic E-state index is -1.20. The van der Waals surface area contributed by atoms with Gasteiger partial charge in [0.15, 0.2) is 11.5 Å². The van der Waals surface area contributed by atoms with Gasteiger partial charge in [-0.2, -0.15) is 0 Å². The van der Waals surface area contributed by atoms with Crippen molar-refractivity contribution in [3.63, 3.8) is 0 Å². The van der Waals surface area contributed by atoms with Crippen molar-refractivity contribution in [3.05, 3.63) is 23.3 Å². The lowest BCUT2D eigenvalue weighted by molar-refractivity contribution is 0.0680. The molecule has 0 aromatic carbocycles. The first kappa shape index (κ1) is 13.3. The molecular weight excluding hydrogens is 220 g/mol. The third kappa shape index (κ3) is 2.87. The van der Waals surface area contributed by atoms with Crippen molar-refractivity contribution in [2.75, 3.05) is 0 Å². The van der Waals surface area contributed by atoms with Gasteiger partial charge in [0.2, 0.25) is 0 Å². The monoisotopic (exact) mass is 236 g/mol. The summed E-state index contributed by atoms with van der Waals surface area (Å²) in [6, 6.07) is 0. The Labute approximate surface area is 99.9 Å². The molecule has 0 spiro atoms. The maximum atomic E-state index is 12.0. The molecule has 0 atom stereocenters. The molecule has 0 aliphatic heterocycles. The van der Waals surface area contributed by atoms with E-state index < -0.39 is 11.4 Å². The van der Waals surface area contributed by atoms with Crippen LogP contribution in [0.5, 0.6) is 0 Å². The summed E-state index contributed by atoms with van der Waals surface area (Å²) in [6.45, 7) is 7.02. The van der Waals surface area contributed by atoms with Crippen LogP contribution in [0.1, 0.15) is 54.4 Å². The number of hydrogen-bond acceptors (Lipinski definition) is 4. The molecular formula is C12H16N2O3. The van der Waals surface area contributed by atoms with E-state index in [4.69, 9.17) is 5.11 Å². The Morgan fingerprint density at radius 3 is 2.35 bits per heavy atom. The second-order valence-electron chi connectivity index (χ2n) is 4.79. The molecule has 0 unspecified atom stereocenters. The Balaban J connectivity index is 3.34. The van der Waals surface area contributed by atoms with Crippen LogP contribution in [0.4, 0.5) is 0 Å². The van der Waals surface area contributed by atoms with Gasteiger partial charge in [0.05, 0.1) is 5.56 Å². The maximum Gasteiger partial charge on any atom is 0.355 e. The number of carboxylic acids is 1. The molecule has 1 aromatic heterocycles. The lowest BCUT2D eigenvalue weighted by Crippen LogP contribution is -2.24. The Kier molecular flexibility index (Phi) is 3.60. The molecule has 1 aromatic rings. The number of hydrogen-bond donors (Lipinski definition) is 1. The Morgan fingerprint density at radius 1 is 1.35 bits per heavy atom. The summed E-state index contributed by atoms with van der Waals surface area (Å²) >= 11 is 0. The summed E-state index contributed by atoms with van der Waals surface area (Å²) in [5, 5.41) is 9.06. The summed E-state index contributed by atoms with van der Waals surface area (Å²) in [6.07, 6.45) is 1.84. The fourth-order valence-electron chi connectivity index (χ4n) is 1.32. The van der Waals surface area contributed by atoms with Gasteiger partial charge in [-0.15, -0.1) is 0 Å². The van der Waals surface area contributed by atoms with Gasteiger partial charge in [0.25, 0.3) is 0 Å². The molecule has 0 amide bonds. The molecule has 5 heteroatoms. The number of nitrogens with zero attached hydrogens (tertiary/aromatic N) is 2. The highest BCUT2D eigenvalue weighted by Gasteiger charge is 2.28. The van der Waals surface area contributed by atoms with Crippen molar-refractivity contribution >= 4 is 11.8 Å². The molecule has 0 aliphatic carbocycles. The highest BCUT2D eigenvalue weighted by molar-refractivity contribution is 6.06. The maximum absolute atomic E-state index is 12.0. The van der Waals surface area contributed by atoms with Crippen LogP contribution in [0.15, 0.2) is 6.20 Å². The second-order valence-corrected chi connectivity index (χ2v) is 4.79. The third-order valence-electron chi connectivity index (χ3n) is 2.28. The molecule has 0 saturated carbocycles. The van der Waals surface area contributed by atoms with E-state index in [0.29, 0.717) is 12.2 Å². The summed E-state index contributed by atoms with van der Waals surface area (Å²) in [4.78, 5) is 31.0. The van der Waals surface area contributed by atoms with E-state index in [0.717, 1.165) is 0 Å². The number of aryl methyl sites for hydroxylation is 1. The van der Waals surface area contributed by atoms with Crippen molar-refractivity contribution in [2.45, 2.75) is 34.1 Å². The minimum Gasteiger partial charge on any atom is -0.476 e. The standard InChI is InChI=1S/C12H16N2O3/c1-5-8-13-6-7(9(14-8)11(16)17)10(15)12(2,3)4/h6H,5H2,1-4H3,(H,16,17). The predicted molar refractivity (Wildman–Crippen MR) is 62.2 cm³/mol. The van der Waals surface area contributed by atoms with Crippen molar-refractivity contribution in [1.82, 2.24) is 9.97 Å². The Hall–Kier alpha value is -1.78. The zero-order chi connectivity index (χ0) is 13.2. The summed E-state index contributed by atoms with van der Waals surface area (Å²) in [7, 11) is 0. The molecule has 0 radical (unpaired) electrons. The van der Waals surface area contributed by atoms with Crippen molar-refractivity contribution in [1.29, 1.82) is 0 Å². The fraction of sp³-hybridized carbons (Fsp3) is 0.500. The largest absolute Gasteiger partial charge is 0.476 e. The first-order valence-electron chi connectivity index (χ1n) is 5.41. The van der Waals surface area contributed by atoms with E-state index in [1.54, 1.807) is 20.8 Å². The molecule has 5 nitrogen and oxygen atoms in total. The molecule has 92 valence electrons. The number of carbonyl (C=O) groups is 2. The van der Waals surface area contributed by atoms with Gasteiger partial charge in [0, 0.05) is 18.0 Å². The molecule has 0 bridgehead atoms. The van der Waals surface area contributed by atoms with Crippen molar-refractivity contribution in [3.8, 4) is 0 Å². The molecule has 0 fully saturated rings. The molecule has 0 aliphatic rings. The number of ketones is 1. The van der Waals surface area contributed by atoms with Crippen LogP contribution in [0.25, 0.3) is 0 Å². The fourth-order valence-corrected chi connectivity index (χ4v) is 1.32. The number of Topliss-reactive ketones (excluding diaryl/α,β-unsaturated/α-hetero) is 1. The van der Waals surface area contributed by atoms with E-state index in [1.807, 2.05) is 6.92 Å². The second kappa shape index (κ2) is 4.61. The molecule has 0 saturated heterocycles. The zero-order valence-corrected chi connectivity index (χ0v) is 10.4. The van der Waals surface area contributed by atoms with Crippen molar-refractivity contribution < 1.29 is 14.7 Å². The number of carbonyl (C=O) groups excluding carboxylic acids is 1. The quantitative estimate of drug-likeness (QED) is 0.811. The average Bonchev–Trinajstić information content (AvgIpc) is 2.25. The van der Waals surface area contributed by atoms with Crippen LogP contribution in [0.2, 0.25) is 0 Å². The minimum absolute atomic E-state index is 0.0715. The lowest BCUT2D eigenvalue weighted by Gasteiger charge is -2.17. The normalized spacial score (nSPS) is 11.3. The first-order valence-corrected chi connectivity index (χ1v) is 5.41. The van der Waals surface area contributed by atoms with E-state index in [9.17, 15) is 9.59 Å². The molecule has 17 heavy (non-hydrogen) atoms. The van der Waals surface area contributed by atoms with E-state index in [2.05, 4.69) is 9.97 Å². The van der Waals surface area contributed by atoms with Gasteiger partial charge in [-0.3, -0.25) is 4.79 Å². The van der Waals surface area contributed by atoms with Gasteiger partial charge >= 0.3 is 5.97 Å². The van der Waals surface area contributed by atoms with Crippen LogP contribution in [-0.4, -0.2) is 26.8 Å². The summed E-state index contributed by atoms with van der Waals surface area (Å²) in [5.74, 6) is -1.04. The van der Waals surface area contributed by atoms with Crippen LogP contribution < -0.4 is 0 Å². The molecule has 1 rings (SSSR count). The van der Waals surface area contributed by atoms with E-state index >= 15 is 0 Å². The van der Waals surface area contributed by atoms with E-state index in [1.165, 1.54) is 6.20 Å². The van der Waals surface area contributed by atoms with Gasteiger partial charge in [-0.1, -0.05) is 27.7 Å². The number of rotatable bonds is 3. The van der Waals surface area contributed by atoms with Gasteiger partial charge < -0.3 is 5.11 Å². The average molecular weight is 236 g/mol. The van der Waals surface area contributed by atoms with Crippen molar-refractivity contribution in [2.24, 2.45) is 5.41 Å². The zero-order valence-electron chi connectivity index (χ0n) is 10.4. The Morgan fingerprint density at radius 2 is 1.94 bits per heavy atom. The summed E-state index contributed by atoms with van der Waals surface area (Å²) < 4.78 is 0. The number of aromatic carboxylic acids is 1. The highest BCUT2D eigenvalue weighted by Crippen LogP contribution is 2.22. The summed E-state index contributed by atoms with van der Waals surface area (Å²) in [5.41, 5.74) is -0.791. The van der Waals surface area contributed by atoms with Crippen LogP contribution in [0, 0.1) is 5.41 Å². The number of carboxylic acid groups (broad SMARTS) is 1. The lowest BCUT2D eigenvalue weighted by atomic mass is 9.86.